The second kappa shape index (κ2) is 6.73. The van der Waals surface area contributed by atoms with Crippen molar-refractivity contribution in [3.63, 3.8) is 0 Å². The molecular formula is C20H21NOS. The van der Waals surface area contributed by atoms with Crippen LogP contribution in [0.4, 0.5) is 0 Å². The van der Waals surface area contributed by atoms with Crippen LogP contribution < -0.4 is 0 Å². The minimum atomic E-state index is -0.405. The van der Waals surface area contributed by atoms with E-state index in [0.717, 1.165) is 11.4 Å². The highest BCUT2D eigenvalue weighted by Crippen LogP contribution is 2.47. The minimum absolute atomic E-state index is 0.214. The molecule has 0 amide bonds. The van der Waals surface area contributed by atoms with Gasteiger partial charge in [-0.05, 0) is 42.8 Å². The Kier molecular flexibility index (Phi) is 4.69. The minimum Gasteiger partial charge on any atom is -0.285 e. The van der Waals surface area contributed by atoms with Crippen LogP contribution in [0.1, 0.15) is 24.9 Å². The number of carbonyl (C=O) groups excluding carboxylic acids is 1. The van der Waals surface area contributed by atoms with Crippen LogP contribution in [0.15, 0.2) is 78.2 Å². The molecule has 118 valence electrons. The summed E-state index contributed by atoms with van der Waals surface area (Å²) >= 11 is 1.34. The first kappa shape index (κ1) is 16.0. The molecule has 0 N–H and O–H groups in total. The van der Waals surface area contributed by atoms with Crippen molar-refractivity contribution in [2.45, 2.75) is 29.8 Å². The average Bonchev–Trinajstić information content (AvgIpc) is 3.32. The summed E-state index contributed by atoms with van der Waals surface area (Å²) in [5.74, 6) is 0. The van der Waals surface area contributed by atoms with Gasteiger partial charge >= 0.3 is 0 Å². The summed E-state index contributed by atoms with van der Waals surface area (Å²) in [6.45, 7) is 6.82. The van der Waals surface area contributed by atoms with Crippen molar-refractivity contribution < 1.29 is 4.79 Å². The maximum atomic E-state index is 12.9. The van der Waals surface area contributed by atoms with Crippen molar-refractivity contribution in [1.29, 1.82) is 0 Å². The standard InChI is InChI=1S/C20H21NOS/c1-3-14-20(19(22)23-18-12-8-5-9-13-18)15-21(20)16(2)17-10-6-4-7-11-17/h3-13,16H,1,14-15H2,2H3. The second-order valence-electron chi connectivity index (χ2n) is 5.94. The van der Waals surface area contributed by atoms with Gasteiger partial charge in [-0.3, -0.25) is 9.69 Å². The molecule has 3 heteroatoms. The average molecular weight is 323 g/mol. The molecule has 1 aliphatic heterocycles. The lowest BCUT2D eigenvalue weighted by atomic mass is 10.1. The number of thioether (sulfide) groups is 1. The highest BCUT2D eigenvalue weighted by molar-refractivity contribution is 8.13. The van der Waals surface area contributed by atoms with Crippen molar-refractivity contribution in [1.82, 2.24) is 4.90 Å². The summed E-state index contributed by atoms with van der Waals surface area (Å²) in [5, 5.41) is 0.214. The molecule has 3 unspecified atom stereocenters. The van der Waals surface area contributed by atoms with Crippen LogP contribution in [-0.4, -0.2) is 22.1 Å². The maximum Gasteiger partial charge on any atom is 0.215 e. The monoisotopic (exact) mass is 323 g/mol. The van der Waals surface area contributed by atoms with Crippen molar-refractivity contribution in [2.75, 3.05) is 6.54 Å². The Hall–Kier alpha value is -1.84. The van der Waals surface area contributed by atoms with Crippen LogP contribution in [0.25, 0.3) is 0 Å². The molecule has 0 radical (unpaired) electrons. The Morgan fingerprint density at radius 2 is 1.83 bits per heavy atom. The number of benzene rings is 2. The SMILES string of the molecule is C=CCC1(C(=O)Sc2ccccc2)CN1C(C)c1ccccc1. The molecule has 3 rings (SSSR count). The molecule has 3 atom stereocenters. The Morgan fingerprint density at radius 3 is 2.43 bits per heavy atom. The highest BCUT2D eigenvalue weighted by atomic mass is 32.2. The Bertz CT molecular complexity index is 685. The topological polar surface area (TPSA) is 20.1 Å². The summed E-state index contributed by atoms with van der Waals surface area (Å²) in [7, 11) is 0. The van der Waals surface area contributed by atoms with E-state index in [1.54, 1.807) is 0 Å². The molecule has 0 aliphatic carbocycles. The number of nitrogens with zero attached hydrogens (tertiary/aromatic N) is 1. The quantitative estimate of drug-likeness (QED) is 0.437. The van der Waals surface area contributed by atoms with Gasteiger partial charge in [0.05, 0.1) is 0 Å². The van der Waals surface area contributed by atoms with Gasteiger partial charge in [0.25, 0.3) is 0 Å². The van der Waals surface area contributed by atoms with Crippen LogP contribution in [0.2, 0.25) is 0 Å². The van der Waals surface area contributed by atoms with Gasteiger partial charge in [-0.15, -0.1) is 6.58 Å². The lowest BCUT2D eigenvalue weighted by molar-refractivity contribution is -0.114. The Morgan fingerprint density at radius 1 is 1.22 bits per heavy atom. The molecule has 0 aromatic heterocycles. The van der Waals surface area contributed by atoms with E-state index in [4.69, 9.17) is 0 Å². The fourth-order valence-electron chi connectivity index (χ4n) is 3.04. The normalized spacial score (nSPS) is 24.0. The molecule has 0 saturated carbocycles. The summed E-state index contributed by atoms with van der Waals surface area (Å²) in [5.41, 5.74) is 0.841. The molecule has 1 saturated heterocycles. The number of hydrogen-bond acceptors (Lipinski definition) is 3. The van der Waals surface area contributed by atoms with Crippen LogP contribution in [-0.2, 0) is 4.79 Å². The molecule has 1 aliphatic rings. The molecule has 2 aromatic rings. The molecular weight excluding hydrogens is 302 g/mol. The van der Waals surface area contributed by atoms with Crippen molar-refractivity contribution in [2.24, 2.45) is 0 Å². The second-order valence-corrected chi connectivity index (χ2v) is 6.99. The fraction of sp³-hybridized carbons (Fsp3) is 0.250. The van der Waals surface area contributed by atoms with Gasteiger partial charge in [0.2, 0.25) is 5.12 Å². The summed E-state index contributed by atoms with van der Waals surface area (Å²) < 4.78 is 0. The van der Waals surface area contributed by atoms with Crippen molar-refractivity contribution in [3.8, 4) is 0 Å². The zero-order valence-electron chi connectivity index (χ0n) is 13.3. The third-order valence-electron chi connectivity index (χ3n) is 4.44. The van der Waals surface area contributed by atoms with E-state index in [1.165, 1.54) is 17.3 Å². The van der Waals surface area contributed by atoms with E-state index in [2.05, 4.69) is 30.5 Å². The largest absolute Gasteiger partial charge is 0.285 e. The van der Waals surface area contributed by atoms with E-state index in [0.29, 0.717) is 6.42 Å². The summed E-state index contributed by atoms with van der Waals surface area (Å²) in [6.07, 6.45) is 2.56. The van der Waals surface area contributed by atoms with Gasteiger partial charge in [-0.2, -0.15) is 0 Å². The Labute approximate surface area is 142 Å². The molecule has 0 bridgehead atoms. The predicted molar refractivity (Wildman–Crippen MR) is 96.4 cm³/mol. The van der Waals surface area contributed by atoms with Crippen LogP contribution in [0, 0.1) is 0 Å². The highest BCUT2D eigenvalue weighted by Gasteiger charge is 2.58. The lowest BCUT2D eigenvalue weighted by Gasteiger charge is -2.20. The molecule has 0 spiro atoms. The van der Waals surface area contributed by atoms with Crippen molar-refractivity contribution >= 4 is 16.9 Å². The zero-order chi connectivity index (χ0) is 16.3. The number of carbonyl (C=O) groups is 1. The van der Waals surface area contributed by atoms with Crippen LogP contribution in [0.5, 0.6) is 0 Å². The summed E-state index contributed by atoms with van der Waals surface area (Å²) in [4.78, 5) is 16.2. The van der Waals surface area contributed by atoms with E-state index in [-0.39, 0.29) is 11.2 Å². The van der Waals surface area contributed by atoms with Gasteiger partial charge in [0.1, 0.15) is 5.54 Å². The Balaban J connectivity index is 1.77. The van der Waals surface area contributed by atoms with Gasteiger partial charge in [-0.1, -0.05) is 54.6 Å². The number of hydrogen-bond donors (Lipinski definition) is 0. The van der Waals surface area contributed by atoms with Gasteiger partial charge < -0.3 is 0 Å². The predicted octanol–water partition coefficient (Wildman–Crippen LogP) is 4.70. The molecule has 2 aromatic carbocycles. The van der Waals surface area contributed by atoms with E-state index >= 15 is 0 Å². The first-order valence-electron chi connectivity index (χ1n) is 7.87. The maximum absolute atomic E-state index is 12.9. The third kappa shape index (κ3) is 3.26. The van der Waals surface area contributed by atoms with Crippen molar-refractivity contribution in [3.05, 3.63) is 78.9 Å². The van der Waals surface area contributed by atoms with Gasteiger partial charge in [-0.25, -0.2) is 0 Å². The number of rotatable bonds is 6. The van der Waals surface area contributed by atoms with E-state index < -0.39 is 5.54 Å². The first-order chi connectivity index (χ1) is 11.2. The fourth-order valence-corrected chi connectivity index (χ4v) is 4.00. The molecule has 23 heavy (non-hydrogen) atoms. The third-order valence-corrected chi connectivity index (χ3v) is 5.52. The lowest BCUT2D eigenvalue weighted by Crippen LogP contribution is -2.28. The van der Waals surface area contributed by atoms with E-state index in [1.807, 2.05) is 54.6 Å². The molecule has 1 fully saturated rings. The molecule has 1 heterocycles. The van der Waals surface area contributed by atoms with E-state index in [9.17, 15) is 4.79 Å². The van der Waals surface area contributed by atoms with Gasteiger partial charge in [0.15, 0.2) is 0 Å². The van der Waals surface area contributed by atoms with Crippen LogP contribution in [0.3, 0.4) is 0 Å². The van der Waals surface area contributed by atoms with Crippen LogP contribution >= 0.6 is 11.8 Å². The first-order valence-corrected chi connectivity index (χ1v) is 8.69. The molecule has 2 nitrogen and oxygen atoms in total. The zero-order valence-corrected chi connectivity index (χ0v) is 14.1. The van der Waals surface area contributed by atoms with Gasteiger partial charge in [0, 0.05) is 17.5 Å². The smallest absolute Gasteiger partial charge is 0.215 e. The summed E-state index contributed by atoms with van der Waals surface area (Å²) in [6, 6.07) is 20.5.